The number of aryl methyl sites for hydroxylation is 3. The van der Waals surface area contributed by atoms with E-state index in [9.17, 15) is 0 Å². The van der Waals surface area contributed by atoms with Gasteiger partial charge in [-0.15, -0.1) is 0 Å². The Labute approximate surface area is 194 Å². The summed E-state index contributed by atoms with van der Waals surface area (Å²) in [6.45, 7) is 12.3. The van der Waals surface area contributed by atoms with E-state index in [4.69, 9.17) is 4.42 Å². The molecule has 6 heteroatoms. The van der Waals surface area contributed by atoms with Crippen LogP contribution < -0.4 is 5.32 Å². The van der Waals surface area contributed by atoms with E-state index in [2.05, 4.69) is 52.1 Å². The maximum Gasteiger partial charge on any atom is 0.134 e. The Hall–Kier alpha value is -3.93. The number of fused-ring (bicyclic) bond motifs is 1. The summed E-state index contributed by atoms with van der Waals surface area (Å²) in [5.74, 6) is 1.49. The van der Waals surface area contributed by atoms with Crippen molar-refractivity contribution in [3.63, 3.8) is 0 Å². The van der Waals surface area contributed by atoms with Crippen LogP contribution in [0.3, 0.4) is 0 Å². The highest BCUT2D eigenvalue weighted by molar-refractivity contribution is 5.85. The molecular weight excluding hydrogens is 410 g/mol. The largest absolute Gasteiger partial charge is 0.464 e. The van der Waals surface area contributed by atoms with Crippen molar-refractivity contribution in [2.75, 3.05) is 5.32 Å². The second-order valence-electron chi connectivity index (χ2n) is 8.25. The number of benzene rings is 1. The average molecular weight is 440 g/mol. The third kappa shape index (κ3) is 4.95. The number of nitrogens with zero attached hydrogens (tertiary/aromatic N) is 4. The van der Waals surface area contributed by atoms with Crippen molar-refractivity contribution in [3.05, 3.63) is 90.3 Å². The van der Waals surface area contributed by atoms with Crippen LogP contribution in [0.4, 0.5) is 5.82 Å². The monoisotopic (exact) mass is 439 g/mol. The Kier molecular flexibility index (Phi) is 6.27. The lowest BCUT2D eigenvalue weighted by Crippen LogP contribution is -2.18. The van der Waals surface area contributed by atoms with Crippen molar-refractivity contribution < 1.29 is 4.42 Å². The molecule has 1 unspecified atom stereocenters. The molecule has 4 rings (SSSR count). The number of anilines is 1. The maximum absolute atomic E-state index is 5.58. The van der Waals surface area contributed by atoms with E-state index in [1.54, 1.807) is 10.9 Å². The van der Waals surface area contributed by atoms with Gasteiger partial charge in [-0.05, 0) is 68.7 Å². The lowest BCUT2D eigenvalue weighted by molar-refractivity contribution is 0.613. The molecule has 33 heavy (non-hydrogen) atoms. The summed E-state index contributed by atoms with van der Waals surface area (Å²) in [4.78, 5) is 9.29. The molecule has 3 heterocycles. The quantitative estimate of drug-likeness (QED) is 0.344. The summed E-state index contributed by atoms with van der Waals surface area (Å²) in [7, 11) is 1.90. The molecule has 0 radical (unpaired) electrons. The van der Waals surface area contributed by atoms with Crippen molar-refractivity contribution in [3.8, 4) is 11.3 Å². The fraction of sp³-hybridized carbons (Fsp3) is 0.222. The molecule has 1 N–H and O–H groups in total. The first-order valence-corrected chi connectivity index (χ1v) is 11.0. The second kappa shape index (κ2) is 9.28. The van der Waals surface area contributed by atoms with Gasteiger partial charge < -0.3 is 9.73 Å². The van der Waals surface area contributed by atoms with Crippen LogP contribution in [0.2, 0.25) is 0 Å². The van der Waals surface area contributed by atoms with Crippen LogP contribution in [0, 0.1) is 13.8 Å². The molecular formula is C27H29N5O. The SMILES string of the molecule is C=C(C=C(C=CC)C(C)Nc1cc(-c2ccc3occ(C)c3c2)nc(C)n1)c1cnn(C)c1. The molecule has 6 nitrogen and oxygen atoms in total. The lowest BCUT2D eigenvalue weighted by atomic mass is 10.0. The van der Waals surface area contributed by atoms with E-state index in [-0.39, 0.29) is 6.04 Å². The normalized spacial score (nSPS) is 13.1. The molecule has 3 aromatic heterocycles. The molecule has 0 aliphatic heterocycles. The van der Waals surface area contributed by atoms with Crippen LogP contribution >= 0.6 is 0 Å². The zero-order chi connectivity index (χ0) is 23.5. The zero-order valence-corrected chi connectivity index (χ0v) is 19.8. The highest BCUT2D eigenvalue weighted by Crippen LogP contribution is 2.28. The summed E-state index contributed by atoms with van der Waals surface area (Å²) in [5.41, 5.74) is 6.89. The van der Waals surface area contributed by atoms with Crippen LogP contribution in [0.15, 0.2) is 77.7 Å². The highest BCUT2D eigenvalue weighted by Gasteiger charge is 2.12. The van der Waals surface area contributed by atoms with E-state index >= 15 is 0 Å². The summed E-state index contributed by atoms with van der Waals surface area (Å²) < 4.78 is 7.36. The number of furan rings is 1. The summed E-state index contributed by atoms with van der Waals surface area (Å²) in [6, 6.07) is 8.14. The maximum atomic E-state index is 5.58. The van der Waals surface area contributed by atoms with Gasteiger partial charge in [0.2, 0.25) is 0 Å². The summed E-state index contributed by atoms with van der Waals surface area (Å²) in [5, 5.41) is 8.87. The Morgan fingerprint density at radius 1 is 1.21 bits per heavy atom. The van der Waals surface area contributed by atoms with E-state index in [1.165, 1.54) is 0 Å². The van der Waals surface area contributed by atoms with Gasteiger partial charge in [0.05, 0.1) is 18.2 Å². The predicted molar refractivity (Wildman–Crippen MR) is 135 cm³/mol. The minimum Gasteiger partial charge on any atom is -0.464 e. The molecule has 0 aliphatic carbocycles. The molecule has 0 aliphatic rings. The number of hydrogen-bond donors (Lipinski definition) is 1. The fourth-order valence-electron chi connectivity index (χ4n) is 3.79. The minimum absolute atomic E-state index is 0.00960. The molecule has 0 saturated heterocycles. The first kappa shape index (κ1) is 22.3. The zero-order valence-electron chi connectivity index (χ0n) is 19.8. The lowest BCUT2D eigenvalue weighted by Gasteiger charge is -2.17. The van der Waals surface area contributed by atoms with E-state index in [0.717, 1.165) is 50.3 Å². The summed E-state index contributed by atoms with van der Waals surface area (Å²) in [6.07, 6.45) is 11.8. The van der Waals surface area contributed by atoms with Gasteiger partial charge in [0.15, 0.2) is 0 Å². The molecule has 0 saturated carbocycles. The van der Waals surface area contributed by atoms with Gasteiger partial charge in [-0.3, -0.25) is 4.68 Å². The van der Waals surface area contributed by atoms with Gasteiger partial charge >= 0.3 is 0 Å². The minimum atomic E-state index is 0.00960. The Bertz CT molecular complexity index is 1370. The molecule has 168 valence electrons. The molecule has 0 fully saturated rings. The first-order valence-electron chi connectivity index (χ1n) is 11.0. The molecule has 1 aromatic carbocycles. The van der Waals surface area contributed by atoms with Crippen LogP contribution in [0.5, 0.6) is 0 Å². The third-order valence-electron chi connectivity index (χ3n) is 5.54. The number of rotatable bonds is 7. The first-order chi connectivity index (χ1) is 15.8. The third-order valence-corrected chi connectivity index (χ3v) is 5.54. The molecule has 0 bridgehead atoms. The van der Waals surface area contributed by atoms with Gasteiger partial charge in [0, 0.05) is 41.9 Å². The molecule has 4 aromatic rings. The summed E-state index contributed by atoms with van der Waals surface area (Å²) >= 11 is 0. The molecule has 1 atom stereocenters. The van der Waals surface area contributed by atoms with Gasteiger partial charge in [-0.1, -0.05) is 18.7 Å². The average Bonchev–Trinajstić information content (AvgIpc) is 3.38. The van der Waals surface area contributed by atoms with E-state index < -0.39 is 0 Å². The van der Waals surface area contributed by atoms with Crippen LogP contribution in [0.25, 0.3) is 27.8 Å². The number of hydrogen-bond acceptors (Lipinski definition) is 5. The highest BCUT2D eigenvalue weighted by atomic mass is 16.3. The van der Waals surface area contributed by atoms with Crippen molar-refractivity contribution in [1.82, 2.24) is 19.7 Å². The Morgan fingerprint density at radius 3 is 2.76 bits per heavy atom. The fourth-order valence-corrected chi connectivity index (χ4v) is 3.79. The Balaban J connectivity index is 1.61. The standard InChI is InChI=1S/C27H29N5O/c1-7-8-21(11-17(2)23-14-28-32(6)15-23)19(4)29-27-13-25(30-20(5)31-27)22-9-10-26-24(12-22)18(3)16-33-26/h7-16,19H,2H2,1,3-6H3,(H,29,30,31). The van der Waals surface area contributed by atoms with E-state index in [0.29, 0.717) is 5.82 Å². The predicted octanol–water partition coefficient (Wildman–Crippen LogP) is 6.26. The molecule has 0 spiro atoms. The van der Waals surface area contributed by atoms with Gasteiger partial charge in [-0.2, -0.15) is 5.10 Å². The second-order valence-corrected chi connectivity index (χ2v) is 8.25. The van der Waals surface area contributed by atoms with E-state index in [1.807, 2.05) is 64.5 Å². The van der Waals surface area contributed by atoms with Crippen molar-refractivity contribution >= 4 is 22.4 Å². The van der Waals surface area contributed by atoms with Crippen LogP contribution in [0.1, 0.15) is 30.8 Å². The molecule has 0 amide bonds. The topological polar surface area (TPSA) is 68.8 Å². The number of aromatic nitrogens is 4. The van der Waals surface area contributed by atoms with Crippen molar-refractivity contribution in [2.24, 2.45) is 7.05 Å². The van der Waals surface area contributed by atoms with Gasteiger partial charge in [0.1, 0.15) is 17.2 Å². The van der Waals surface area contributed by atoms with Crippen molar-refractivity contribution in [1.29, 1.82) is 0 Å². The van der Waals surface area contributed by atoms with Crippen molar-refractivity contribution in [2.45, 2.75) is 33.7 Å². The van der Waals surface area contributed by atoms with Crippen LogP contribution in [-0.2, 0) is 7.05 Å². The Morgan fingerprint density at radius 2 is 2.03 bits per heavy atom. The number of allylic oxidation sites excluding steroid dienone is 3. The smallest absolute Gasteiger partial charge is 0.134 e. The van der Waals surface area contributed by atoms with Gasteiger partial charge in [0.25, 0.3) is 0 Å². The number of nitrogens with one attached hydrogen (secondary N) is 1. The van der Waals surface area contributed by atoms with Gasteiger partial charge in [-0.25, -0.2) is 9.97 Å². The van der Waals surface area contributed by atoms with Crippen LogP contribution in [-0.4, -0.2) is 25.8 Å².